The van der Waals surface area contributed by atoms with E-state index in [-0.39, 0.29) is 24.6 Å². The minimum atomic E-state index is -4.62. The molecule has 0 aromatic carbocycles. The summed E-state index contributed by atoms with van der Waals surface area (Å²) < 4.78 is 41.6. The third-order valence-corrected chi connectivity index (χ3v) is 5.04. The lowest BCUT2D eigenvalue weighted by atomic mass is 10.2. The van der Waals surface area contributed by atoms with Crippen LogP contribution in [0.25, 0.3) is 0 Å². The van der Waals surface area contributed by atoms with Gasteiger partial charge in [0, 0.05) is 37.8 Å². The Morgan fingerprint density at radius 2 is 1.78 bits per heavy atom. The van der Waals surface area contributed by atoms with Crippen LogP contribution in [0.3, 0.4) is 0 Å². The maximum absolute atomic E-state index is 12.9. The van der Waals surface area contributed by atoms with Crippen molar-refractivity contribution in [2.45, 2.75) is 59.9 Å². The highest BCUT2D eigenvalue weighted by atomic mass is 35.5. The molecule has 27 heavy (non-hydrogen) atoms. The van der Waals surface area contributed by atoms with Gasteiger partial charge in [-0.3, -0.25) is 14.2 Å². The van der Waals surface area contributed by atoms with Crippen LogP contribution < -0.4 is 0 Å². The average molecular weight is 406 g/mol. The number of carbonyl (C=O) groups is 1. The quantitative estimate of drug-likeness (QED) is 0.735. The van der Waals surface area contributed by atoms with Gasteiger partial charge >= 0.3 is 6.18 Å². The first-order valence-corrected chi connectivity index (χ1v) is 8.92. The van der Waals surface area contributed by atoms with E-state index in [1.54, 1.807) is 11.9 Å². The molecule has 0 N–H and O–H groups in total. The summed E-state index contributed by atoms with van der Waals surface area (Å²) in [7, 11) is 1.66. The minimum absolute atomic E-state index is 0.0205. The van der Waals surface area contributed by atoms with Gasteiger partial charge in [-0.1, -0.05) is 11.6 Å². The first kappa shape index (κ1) is 21.3. The molecule has 0 aliphatic carbocycles. The molecule has 0 spiro atoms. The molecule has 0 fully saturated rings. The number of hydrogen-bond donors (Lipinski definition) is 0. The van der Waals surface area contributed by atoms with E-state index in [2.05, 4.69) is 10.2 Å². The zero-order chi connectivity index (χ0) is 20.5. The maximum Gasteiger partial charge on any atom is 0.436 e. The van der Waals surface area contributed by atoms with Crippen LogP contribution >= 0.6 is 11.6 Å². The van der Waals surface area contributed by atoms with Crippen molar-refractivity contribution in [3.05, 3.63) is 33.4 Å². The molecule has 0 saturated carbocycles. The van der Waals surface area contributed by atoms with Crippen molar-refractivity contribution < 1.29 is 18.0 Å². The topological polar surface area (TPSA) is 56.0 Å². The number of carbonyl (C=O) groups excluding carboxylic acids is 1. The average Bonchev–Trinajstić information content (AvgIpc) is 3.03. The van der Waals surface area contributed by atoms with Crippen LogP contribution in [0.15, 0.2) is 0 Å². The maximum atomic E-state index is 12.9. The van der Waals surface area contributed by atoms with Gasteiger partial charge < -0.3 is 4.90 Å². The number of halogens is 4. The Bertz CT molecular complexity index is 841. The fraction of sp³-hybridized carbons (Fsp3) is 0.588. The number of aromatic nitrogens is 4. The zero-order valence-electron chi connectivity index (χ0n) is 16.0. The second kappa shape index (κ2) is 7.92. The van der Waals surface area contributed by atoms with E-state index >= 15 is 0 Å². The SMILES string of the molecule is CCn1nc(C)c(CN(C)C(=O)CCn2nc(C(F)(F)F)c(Cl)c2C)c1C. The Balaban J connectivity index is 2.05. The predicted molar refractivity (Wildman–Crippen MR) is 95.4 cm³/mol. The largest absolute Gasteiger partial charge is 0.436 e. The van der Waals surface area contributed by atoms with E-state index in [9.17, 15) is 18.0 Å². The van der Waals surface area contributed by atoms with Crippen molar-refractivity contribution in [2.24, 2.45) is 0 Å². The summed E-state index contributed by atoms with van der Waals surface area (Å²) in [6, 6.07) is 0. The predicted octanol–water partition coefficient (Wildman–Crippen LogP) is 3.75. The Kier molecular flexibility index (Phi) is 6.24. The van der Waals surface area contributed by atoms with Crippen molar-refractivity contribution in [3.8, 4) is 0 Å². The number of alkyl halides is 3. The first-order chi connectivity index (χ1) is 12.5. The molecule has 10 heteroatoms. The van der Waals surface area contributed by atoms with Gasteiger partial charge in [-0.15, -0.1) is 0 Å². The fourth-order valence-corrected chi connectivity index (χ4v) is 3.15. The summed E-state index contributed by atoms with van der Waals surface area (Å²) in [6.07, 6.45) is -4.60. The van der Waals surface area contributed by atoms with E-state index in [4.69, 9.17) is 11.6 Å². The highest BCUT2D eigenvalue weighted by Gasteiger charge is 2.38. The zero-order valence-corrected chi connectivity index (χ0v) is 16.7. The van der Waals surface area contributed by atoms with Gasteiger partial charge in [0.05, 0.1) is 23.0 Å². The van der Waals surface area contributed by atoms with E-state index in [0.29, 0.717) is 6.54 Å². The van der Waals surface area contributed by atoms with E-state index in [1.165, 1.54) is 6.92 Å². The van der Waals surface area contributed by atoms with Gasteiger partial charge in [-0.25, -0.2) is 0 Å². The van der Waals surface area contributed by atoms with Crippen molar-refractivity contribution in [3.63, 3.8) is 0 Å². The normalized spacial score (nSPS) is 11.9. The summed E-state index contributed by atoms with van der Waals surface area (Å²) in [6.45, 7) is 8.44. The third-order valence-electron chi connectivity index (χ3n) is 4.59. The summed E-state index contributed by atoms with van der Waals surface area (Å²) in [5, 5.41) is 7.51. The van der Waals surface area contributed by atoms with Crippen LogP contribution in [0.2, 0.25) is 5.02 Å². The molecule has 2 heterocycles. The molecule has 0 radical (unpaired) electrons. The van der Waals surface area contributed by atoms with Crippen LogP contribution in [0.1, 0.15) is 41.7 Å². The number of amides is 1. The molecule has 2 rings (SSSR count). The smallest absolute Gasteiger partial charge is 0.341 e. The highest BCUT2D eigenvalue weighted by Crippen LogP contribution is 2.35. The second-order valence-corrected chi connectivity index (χ2v) is 6.81. The van der Waals surface area contributed by atoms with Crippen LogP contribution in [0.4, 0.5) is 13.2 Å². The lowest BCUT2D eigenvalue weighted by Crippen LogP contribution is -2.28. The van der Waals surface area contributed by atoms with E-state index in [0.717, 1.165) is 28.2 Å². The summed E-state index contributed by atoms with van der Waals surface area (Å²) in [5.41, 5.74) is 1.90. The molecule has 150 valence electrons. The second-order valence-electron chi connectivity index (χ2n) is 6.43. The molecule has 0 saturated heterocycles. The molecule has 6 nitrogen and oxygen atoms in total. The molecule has 2 aromatic heterocycles. The molecule has 2 aromatic rings. The van der Waals surface area contributed by atoms with Crippen molar-refractivity contribution in [1.29, 1.82) is 0 Å². The van der Waals surface area contributed by atoms with Crippen LogP contribution in [0.5, 0.6) is 0 Å². The number of hydrogen-bond acceptors (Lipinski definition) is 3. The molecule has 0 atom stereocenters. The molecular formula is C17H23ClF3N5O. The molecule has 0 aliphatic heterocycles. The van der Waals surface area contributed by atoms with Gasteiger partial charge in [0.15, 0.2) is 5.69 Å². The van der Waals surface area contributed by atoms with Gasteiger partial charge in [0.1, 0.15) is 0 Å². The van der Waals surface area contributed by atoms with E-state index in [1.807, 2.05) is 25.5 Å². The minimum Gasteiger partial charge on any atom is -0.341 e. The number of rotatable bonds is 6. The summed E-state index contributed by atoms with van der Waals surface area (Å²) in [4.78, 5) is 14.0. The van der Waals surface area contributed by atoms with Crippen molar-refractivity contribution >= 4 is 17.5 Å². The van der Waals surface area contributed by atoms with Gasteiger partial charge in [0.2, 0.25) is 5.91 Å². The summed E-state index contributed by atoms with van der Waals surface area (Å²) >= 11 is 5.73. The van der Waals surface area contributed by atoms with Gasteiger partial charge in [0.25, 0.3) is 0 Å². The molecule has 0 bridgehead atoms. The van der Waals surface area contributed by atoms with Crippen molar-refractivity contribution in [1.82, 2.24) is 24.5 Å². The monoisotopic (exact) mass is 405 g/mol. The van der Waals surface area contributed by atoms with Crippen molar-refractivity contribution in [2.75, 3.05) is 7.05 Å². The first-order valence-electron chi connectivity index (χ1n) is 8.54. The molecule has 0 aliphatic rings. The Morgan fingerprint density at radius 1 is 1.15 bits per heavy atom. The Morgan fingerprint density at radius 3 is 2.26 bits per heavy atom. The highest BCUT2D eigenvalue weighted by molar-refractivity contribution is 6.31. The Hall–Kier alpha value is -2.03. The standard InChI is InChI=1S/C17H23ClF3N5O/c1-6-25-11(3)13(10(2)22-25)9-24(5)14(27)7-8-26-12(4)15(18)16(23-26)17(19,20)21/h6-9H2,1-5H3. The van der Waals surface area contributed by atoms with Crippen LogP contribution in [0, 0.1) is 20.8 Å². The number of nitrogens with zero attached hydrogens (tertiary/aromatic N) is 5. The number of aryl methyl sites for hydroxylation is 3. The lowest BCUT2D eigenvalue weighted by Gasteiger charge is -2.18. The van der Waals surface area contributed by atoms with Crippen LogP contribution in [-0.2, 0) is 30.6 Å². The van der Waals surface area contributed by atoms with Crippen LogP contribution in [-0.4, -0.2) is 37.4 Å². The molecule has 0 unspecified atom stereocenters. The fourth-order valence-electron chi connectivity index (χ4n) is 2.91. The third kappa shape index (κ3) is 4.45. The van der Waals surface area contributed by atoms with E-state index < -0.39 is 16.9 Å². The summed E-state index contributed by atoms with van der Waals surface area (Å²) in [5.74, 6) is -0.197. The molecule has 1 amide bonds. The van der Waals surface area contributed by atoms with Gasteiger partial charge in [-0.2, -0.15) is 23.4 Å². The molecular weight excluding hydrogens is 383 g/mol. The Labute approximate surface area is 160 Å². The lowest BCUT2D eigenvalue weighted by molar-refractivity contribution is -0.141. The van der Waals surface area contributed by atoms with Gasteiger partial charge in [-0.05, 0) is 27.7 Å².